The van der Waals surface area contributed by atoms with Crippen LogP contribution in [0.4, 0.5) is 5.69 Å². The molecule has 1 aromatic heterocycles. The maximum absolute atomic E-state index is 12.2. The molecular formula is C19H19N3O4S. The SMILES string of the molecule is CC(=O)NC(CC(=O)OC(C)C(=O)Nc1ccccc1C#N)c1cccs1. The van der Waals surface area contributed by atoms with Gasteiger partial charge in [0, 0.05) is 11.8 Å². The van der Waals surface area contributed by atoms with Gasteiger partial charge in [0.05, 0.1) is 23.7 Å². The molecule has 140 valence electrons. The summed E-state index contributed by atoms with van der Waals surface area (Å²) in [6.07, 6.45) is -1.14. The Balaban J connectivity index is 1.96. The predicted molar refractivity (Wildman–Crippen MR) is 101 cm³/mol. The van der Waals surface area contributed by atoms with Crippen molar-refractivity contribution >= 4 is 34.8 Å². The van der Waals surface area contributed by atoms with Gasteiger partial charge in [-0.2, -0.15) is 5.26 Å². The van der Waals surface area contributed by atoms with Crippen LogP contribution in [0, 0.1) is 11.3 Å². The zero-order valence-corrected chi connectivity index (χ0v) is 15.7. The van der Waals surface area contributed by atoms with E-state index in [1.807, 2.05) is 23.6 Å². The first kappa shape index (κ1) is 20.1. The number of thiophene rings is 1. The van der Waals surface area contributed by atoms with Crippen LogP contribution >= 0.6 is 11.3 Å². The number of nitrogens with one attached hydrogen (secondary N) is 2. The highest BCUT2D eigenvalue weighted by Crippen LogP contribution is 2.23. The fraction of sp³-hybridized carbons (Fsp3) is 0.263. The van der Waals surface area contributed by atoms with E-state index in [0.29, 0.717) is 11.3 Å². The Morgan fingerprint density at radius 3 is 2.59 bits per heavy atom. The lowest BCUT2D eigenvalue weighted by atomic mass is 10.1. The zero-order chi connectivity index (χ0) is 19.8. The van der Waals surface area contributed by atoms with Gasteiger partial charge in [0.2, 0.25) is 5.91 Å². The standard InChI is InChI=1S/C19H19N3O4S/c1-12(19(25)22-15-7-4-3-6-14(15)11-20)26-18(24)10-16(21-13(2)23)17-8-5-9-27-17/h3-9,12,16H,10H2,1-2H3,(H,21,23)(H,22,25). The number of amides is 2. The molecular weight excluding hydrogens is 366 g/mol. The molecule has 0 aliphatic rings. The molecule has 0 saturated heterocycles. The molecule has 2 amide bonds. The molecule has 0 spiro atoms. The summed E-state index contributed by atoms with van der Waals surface area (Å²) < 4.78 is 5.19. The molecule has 0 radical (unpaired) electrons. The van der Waals surface area contributed by atoms with Crippen LogP contribution in [0.5, 0.6) is 0 Å². The number of rotatable bonds is 7. The summed E-state index contributed by atoms with van der Waals surface area (Å²) in [6, 6.07) is 11.6. The third kappa shape index (κ3) is 5.94. The minimum absolute atomic E-state index is 0.0908. The van der Waals surface area contributed by atoms with Crippen molar-refractivity contribution in [2.24, 2.45) is 0 Å². The molecule has 2 unspecified atom stereocenters. The van der Waals surface area contributed by atoms with Gasteiger partial charge in [0.15, 0.2) is 6.10 Å². The number of hydrogen-bond donors (Lipinski definition) is 2. The van der Waals surface area contributed by atoms with Gasteiger partial charge in [-0.05, 0) is 30.5 Å². The largest absolute Gasteiger partial charge is 0.452 e. The number of nitrogens with zero attached hydrogens (tertiary/aromatic N) is 1. The van der Waals surface area contributed by atoms with E-state index in [9.17, 15) is 14.4 Å². The van der Waals surface area contributed by atoms with E-state index in [1.54, 1.807) is 24.3 Å². The number of carbonyl (C=O) groups is 3. The quantitative estimate of drug-likeness (QED) is 0.713. The monoisotopic (exact) mass is 385 g/mol. The maximum atomic E-state index is 12.2. The van der Waals surface area contributed by atoms with E-state index < -0.39 is 24.0 Å². The minimum atomic E-state index is -1.05. The molecule has 27 heavy (non-hydrogen) atoms. The van der Waals surface area contributed by atoms with Crippen LogP contribution < -0.4 is 10.6 Å². The van der Waals surface area contributed by atoms with Gasteiger partial charge in [0.25, 0.3) is 5.91 Å². The minimum Gasteiger partial charge on any atom is -0.452 e. The van der Waals surface area contributed by atoms with E-state index in [0.717, 1.165) is 4.88 Å². The third-order valence-corrected chi connectivity index (χ3v) is 4.60. The number of nitriles is 1. The summed E-state index contributed by atoms with van der Waals surface area (Å²) in [5.41, 5.74) is 0.662. The van der Waals surface area contributed by atoms with Crippen molar-refractivity contribution in [1.29, 1.82) is 5.26 Å². The average molecular weight is 385 g/mol. The number of benzene rings is 1. The Kier molecular flexibility index (Phi) is 7.08. The van der Waals surface area contributed by atoms with Gasteiger partial charge < -0.3 is 15.4 Å². The first-order valence-electron chi connectivity index (χ1n) is 8.20. The van der Waals surface area contributed by atoms with Crippen molar-refractivity contribution in [1.82, 2.24) is 5.32 Å². The van der Waals surface area contributed by atoms with Crippen LogP contribution in [-0.4, -0.2) is 23.9 Å². The molecule has 8 heteroatoms. The molecule has 0 aliphatic heterocycles. The Labute approximate surface area is 161 Å². The molecule has 0 saturated carbocycles. The highest BCUT2D eigenvalue weighted by molar-refractivity contribution is 7.10. The van der Waals surface area contributed by atoms with Gasteiger partial charge in [0.1, 0.15) is 6.07 Å². The maximum Gasteiger partial charge on any atom is 0.309 e. The Hall–Kier alpha value is -3.18. The molecule has 0 aliphatic carbocycles. The van der Waals surface area contributed by atoms with E-state index in [4.69, 9.17) is 10.00 Å². The van der Waals surface area contributed by atoms with Crippen LogP contribution in [-0.2, 0) is 19.1 Å². The molecule has 0 bridgehead atoms. The van der Waals surface area contributed by atoms with Crippen LogP contribution in [0.15, 0.2) is 41.8 Å². The first-order chi connectivity index (χ1) is 12.9. The molecule has 7 nitrogen and oxygen atoms in total. The summed E-state index contributed by atoms with van der Waals surface area (Å²) in [7, 11) is 0. The molecule has 2 aromatic rings. The van der Waals surface area contributed by atoms with Crippen LogP contribution in [0.25, 0.3) is 0 Å². The molecule has 2 rings (SSSR count). The normalized spacial score (nSPS) is 12.3. The van der Waals surface area contributed by atoms with Crippen molar-refractivity contribution in [3.8, 4) is 6.07 Å². The van der Waals surface area contributed by atoms with Gasteiger partial charge in [-0.25, -0.2) is 0 Å². The molecule has 2 atom stereocenters. The Morgan fingerprint density at radius 1 is 1.22 bits per heavy atom. The van der Waals surface area contributed by atoms with Gasteiger partial charge >= 0.3 is 5.97 Å². The topological polar surface area (TPSA) is 108 Å². The third-order valence-electron chi connectivity index (χ3n) is 3.62. The lowest BCUT2D eigenvalue weighted by molar-refractivity contribution is -0.153. The highest BCUT2D eigenvalue weighted by atomic mass is 32.1. The lowest BCUT2D eigenvalue weighted by Crippen LogP contribution is -2.33. The van der Waals surface area contributed by atoms with Gasteiger partial charge in [-0.1, -0.05) is 18.2 Å². The number of para-hydroxylation sites is 1. The summed E-state index contributed by atoms with van der Waals surface area (Å²) in [5.74, 6) is -1.42. The number of ether oxygens (including phenoxy) is 1. The van der Waals surface area contributed by atoms with Crippen molar-refractivity contribution in [2.75, 3.05) is 5.32 Å². The van der Waals surface area contributed by atoms with Crippen molar-refractivity contribution in [3.63, 3.8) is 0 Å². The van der Waals surface area contributed by atoms with Gasteiger partial charge in [-0.15, -0.1) is 11.3 Å². The lowest BCUT2D eigenvalue weighted by Gasteiger charge is -2.18. The Morgan fingerprint density at radius 2 is 1.96 bits per heavy atom. The van der Waals surface area contributed by atoms with E-state index in [2.05, 4.69) is 10.6 Å². The van der Waals surface area contributed by atoms with E-state index in [-0.39, 0.29) is 12.3 Å². The summed E-state index contributed by atoms with van der Waals surface area (Å²) in [5, 5.41) is 16.2. The molecule has 1 heterocycles. The van der Waals surface area contributed by atoms with Gasteiger partial charge in [-0.3, -0.25) is 14.4 Å². The second kappa shape index (κ2) is 9.50. The average Bonchev–Trinajstić information content (AvgIpc) is 3.15. The summed E-state index contributed by atoms with van der Waals surface area (Å²) in [4.78, 5) is 36.7. The molecule has 1 aromatic carbocycles. The van der Waals surface area contributed by atoms with Crippen LogP contribution in [0.3, 0.4) is 0 Å². The fourth-order valence-corrected chi connectivity index (χ4v) is 3.13. The Bertz CT molecular complexity index is 858. The second-order valence-corrected chi connectivity index (χ2v) is 6.73. The van der Waals surface area contributed by atoms with E-state index >= 15 is 0 Å². The highest BCUT2D eigenvalue weighted by Gasteiger charge is 2.23. The fourth-order valence-electron chi connectivity index (χ4n) is 2.35. The van der Waals surface area contributed by atoms with Crippen LogP contribution in [0.2, 0.25) is 0 Å². The van der Waals surface area contributed by atoms with Crippen molar-refractivity contribution in [3.05, 3.63) is 52.2 Å². The summed E-state index contributed by atoms with van der Waals surface area (Å²) >= 11 is 1.41. The zero-order valence-electron chi connectivity index (χ0n) is 14.9. The van der Waals surface area contributed by atoms with E-state index in [1.165, 1.54) is 25.2 Å². The number of esters is 1. The first-order valence-corrected chi connectivity index (χ1v) is 9.08. The molecule has 2 N–H and O–H groups in total. The smallest absolute Gasteiger partial charge is 0.309 e. The predicted octanol–water partition coefficient (Wildman–Crippen LogP) is 2.76. The van der Waals surface area contributed by atoms with Crippen LogP contribution in [0.1, 0.15) is 36.8 Å². The number of hydrogen-bond acceptors (Lipinski definition) is 6. The van der Waals surface area contributed by atoms with Crippen molar-refractivity contribution in [2.45, 2.75) is 32.4 Å². The van der Waals surface area contributed by atoms with Crippen molar-refractivity contribution < 1.29 is 19.1 Å². The molecule has 0 fully saturated rings. The number of anilines is 1. The summed E-state index contributed by atoms with van der Waals surface area (Å²) in [6.45, 7) is 2.81. The number of carbonyl (C=O) groups excluding carboxylic acids is 3. The second-order valence-electron chi connectivity index (χ2n) is 5.75.